The van der Waals surface area contributed by atoms with Crippen molar-refractivity contribution < 1.29 is 29.0 Å². The zero-order chi connectivity index (χ0) is 34.6. The molecule has 4 N–H and O–H groups in total. The molecular formula is C36H45N5O6S. The van der Waals surface area contributed by atoms with Crippen LogP contribution in [-0.2, 0) is 22.6 Å². The largest absolute Gasteiger partial charge is 0.444 e. The van der Waals surface area contributed by atoms with Gasteiger partial charge in [0, 0.05) is 39.1 Å². The van der Waals surface area contributed by atoms with Gasteiger partial charge in [0.05, 0.1) is 17.8 Å². The Morgan fingerprint density at radius 1 is 0.958 bits per heavy atom. The quantitative estimate of drug-likeness (QED) is 0.115. The highest BCUT2D eigenvalue weighted by Crippen LogP contribution is 2.32. The van der Waals surface area contributed by atoms with Gasteiger partial charge in [0.2, 0.25) is 0 Å². The van der Waals surface area contributed by atoms with E-state index in [0.29, 0.717) is 17.9 Å². The third-order valence-electron chi connectivity index (χ3n) is 7.93. The monoisotopic (exact) mass is 675 g/mol. The average Bonchev–Trinajstić information content (AvgIpc) is 3.58. The number of thiophene rings is 1. The van der Waals surface area contributed by atoms with Crippen molar-refractivity contribution in [2.24, 2.45) is 4.99 Å². The van der Waals surface area contributed by atoms with Crippen molar-refractivity contribution in [1.29, 1.82) is 0 Å². The van der Waals surface area contributed by atoms with Gasteiger partial charge in [-0.2, -0.15) is 0 Å². The molecule has 256 valence electrons. The number of hydrogen-bond acceptors (Lipinski definition) is 8. The van der Waals surface area contributed by atoms with E-state index in [1.54, 1.807) is 11.3 Å². The Morgan fingerprint density at radius 3 is 2.33 bits per heavy atom. The minimum absolute atomic E-state index is 0.00291. The van der Waals surface area contributed by atoms with Crippen molar-refractivity contribution in [3.63, 3.8) is 0 Å². The van der Waals surface area contributed by atoms with Gasteiger partial charge in [-0.05, 0) is 109 Å². The van der Waals surface area contributed by atoms with Crippen LogP contribution in [0.2, 0.25) is 0 Å². The van der Waals surface area contributed by atoms with E-state index >= 15 is 0 Å². The summed E-state index contributed by atoms with van der Waals surface area (Å²) in [4.78, 5) is 43.5. The summed E-state index contributed by atoms with van der Waals surface area (Å²) in [5, 5.41) is 20.6. The molecule has 0 unspecified atom stereocenters. The lowest BCUT2D eigenvalue weighted by atomic mass is 9.91. The first-order valence-corrected chi connectivity index (χ1v) is 17.1. The van der Waals surface area contributed by atoms with Gasteiger partial charge in [0.1, 0.15) is 11.3 Å². The second kappa shape index (κ2) is 14.4. The number of benzene rings is 2. The number of carbonyl (C=O) groups is 3. The maximum absolute atomic E-state index is 13.9. The minimum atomic E-state index is -0.601. The number of nitrogens with one attached hydrogen (secondary N) is 3. The lowest BCUT2D eigenvalue weighted by Gasteiger charge is -2.30. The molecule has 0 bridgehead atoms. The van der Waals surface area contributed by atoms with E-state index in [0.717, 1.165) is 63.5 Å². The fraction of sp³-hybridized carbons (Fsp3) is 0.444. The molecule has 2 aromatic carbocycles. The van der Waals surface area contributed by atoms with Crippen molar-refractivity contribution in [2.75, 3.05) is 0 Å². The molecule has 0 radical (unpaired) electrons. The van der Waals surface area contributed by atoms with Crippen LogP contribution in [-0.4, -0.2) is 57.4 Å². The van der Waals surface area contributed by atoms with Crippen LogP contribution < -0.4 is 16.0 Å². The van der Waals surface area contributed by atoms with Crippen LogP contribution in [0.1, 0.15) is 88.2 Å². The Morgan fingerprint density at radius 2 is 1.67 bits per heavy atom. The molecular weight excluding hydrogens is 630 g/mol. The molecule has 0 saturated heterocycles. The smallest absolute Gasteiger partial charge is 0.413 e. The lowest BCUT2D eigenvalue weighted by Crippen LogP contribution is -2.45. The Bertz CT molecular complexity index is 1820. The predicted molar refractivity (Wildman–Crippen MR) is 189 cm³/mol. The number of ether oxygens (including phenoxy) is 2. The van der Waals surface area contributed by atoms with Crippen LogP contribution in [0.25, 0.3) is 21.0 Å². The summed E-state index contributed by atoms with van der Waals surface area (Å²) in [6.07, 6.45) is 3.01. The molecule has 2 heterocycles. The molecule has 5 rings (SSSR count). The Labute approximate surface area is 284 Å². The van der Waals surface area contributed by atoms with Crippen molar-refractivity contribution in [3.8, 4) is 0 Å². The summed E-state index contributed by atoms with van der Waals surface area (Å²) < 4.78 is 13.6. The number of aromatic nitrogens is 1. The number of amides is 3. The van der Waals surface area contributed by atoms with E-state index in [4.69, 9.17) is 9.47 Å². The second-order valence-corrected chi connectivity index (χ2v) is 15.4. The van der Waals surface area contributed by atoms with Gasteiger partial charge in [-0.25, -0.2) is 14.6 Å². The predicted octanol–water partition coefficient (Wildman–Crippen LogP) is 7.15. The number of aliphatic imine (C=N–C) groups is 1. The van der Waals surface area contributed by atoms with Crippen LogP contribution in [0.3, 0.4) is 0 Å². The molecule has 1 aliphatic carbocycles. The fourth-order valence-corrected chi connectivity index (χ4v) is 6.80. The Kier molecular flexibility index (Phi) is 10.4. The second-order valence-electron chi connectivity index (χ2n) is 14.2. The van der Waals surface area contributed by atoms with E-state index in [-0.39, 0.29) is 24.6 Å². The van der Waals surface area contributed by atoms with Crippen LogP contribution in [0, 0.1) is 0 Å². The zero-order valence-corrected chi connectivity index (χ0v) is 29.2. The SMILES string of the molecule is CC(C)(C)NC(=O)OC=Nc1ccc2cc(C(=O)NC3CCC(NC(=O)OC(C)(C)C)CC3)n(Cc3cccc4sc(CO)cc34)c2c1. The van der Waals surface area contributed by atoms with Crippen LogP contribution in [0.5, 0.6) is 0 Å². The molecule has 1 saturated carbocycles. The summed E-state index contributed by atoms with van der Waals surface area (Å²) in [5.41, 5.74) is 1.88. The average molecular weight is 676 g/mol. The molecule has 11 nitrogen and oxygen atoms in total. The van der Waals surface area contributed by atoms with E-state index in [1.807, 2.05) is 94.6 Å². The fourth-order valence-electron chi connectivity index (χ4n) is 5.83. The van der Waals surface area contributed by atoms with E-state index in [9.17, 15) is 19.5 Å². The van der Waals surface area contributed by atoms with Crippen molar-refractivity contribution in [2.45, 2.75) is 104 Å². The van der Waals surface area contributed by atoms with Crippen molar-refractivity contribution in [1.82, 2.24) is 20.5 Å². The van der Waals surface area contributed by atoms with E-state index in [1.165, 1.54) is 0 Å². The number of rotatable bonds is 8. The van der Waals surface area contributed by atoms with Crippen molar-refractivity contribution in [3.05, 3.63) is 64.7 Å². The first-order valence-electron chi connectivity index (χ1n) is 16.2. The van der Waals surface area contributed by atoms with Gasteiger partial charge in [0.25, 0.3) is 5.91 Å². The van der Waals surface area contributed by atoms with Crippen molar-refractivity contribution >= 4 is 62.5 Å². The van der Waals surface area contributed by atoms with Gasteiger partial charge < -0.3 is 35.1 Å². The Balaban J connectivity index is 1.38. The summed E-state index contributed by atoms with van der Waals surface area (Å²) in [5.74, 6) is -0.185. The molecule has 1 fully saturated rings. The highest BCUT2D eigenvalue weighted by molar-refractivity contribution is 7.19. The minimum Gasteiger partial charge on any atom is -0.444 e. The first kappa shape index (κ1) is 34.9. The standard InChI is InChI=1S/C36H45N5O6S/c1-35(2,3)40-34(45)46-21-37-26-11-10-22-16-30(32(43)38-24-12-14-25(15-13-24)39-33(44)47-36(4,5)6)41(29(22)17-26)19-23-8-7-9-31-28(23)18-27(20-42)48-31/h7-11,16-18,21,24-25,42H,12-15,19-20H2,1-6H3,(H,38,43)(H,39,44)(H,40,45). The van der Waals surface area contributed by atoms with Crippen LogP contribution >= 0.6 is 11.3 Å². The van der Waals surface area contributed by atoms with Gasteiger partial charge in [-0.3, -0.25) is 4.79 Å². The highest BCUT2D eigenvalue weighted by Gasteiger charge is 2.27. The number of aliphatic hydroxyl groups excluding tert-OH is 1. The highest BCUT2D eigenvalue weighted by atomic mass is 32.1. The first-order chi connectivity index (χ1) is 22.7. The molecule has 1 aliphatic rings. The van der Waals surface area contributed by atoms with Gasteiger partial charge in [0.15, 0.2) is 6.40 Å². The van der Waals surface area contributed by atoms with Gasteiger partial charge in [-0.1, -0.05) is 18.2 Å². The molecule has 48 heavy (non-hydrogen) atoms. The molecule has 3 amide bonds. The summed E-state index contributed by atoms with van der Waals surface area (Å²) >= 11 is 1.55. The normalized spacial score (nSPS) is 17.1. The van der Waals surface area contributed by atoms with Crippen LogP contribution in [0.15, 0.2) is 53.5 Å². The van der Waals surface area contributed by atoms with Crippen LogP contribution in [0.4, 0.5) is 15.3 Å². The third-order valence-corrected chi connectivity index (χ3v) is 9.01. The number of carbonyl (C=O) groups excluding carboxylic acids is 3. The lowest BCUT2D eigenvalue weighted by molar-refractivity contribution is 0.0487. The molecule has 12 heteroatoms. The number of alkyl carbamates (subject to hydrolysis) is 2. The number of aliphatic hydroxyl groups is 1. The number of fused-ring (bicyclic) bond motifs is 2. The molecule has 0 atom stereocenters. The topological polar surface area (TPSA) is 143 Å². The molecule has 0 spiro atoms. The number of hydrogen-bond donors (Lipinski definition) is 4. The summed E-state index contributed by atoms with van der Waals surface area (Å²) in [7, 11) is 0. The van der Waals surface area contributed by atoms with Gasteiger partial charge in [-0.15, -0.1) is 11.3 Å². The maximum atomic E-state index is 13.9. The van der Waals surface area contributed by atoms with Gasteiger partial charge >= 0.3 is 12.2 Å². The molecule has 2 aromatic heterocycles. The zero-order valence-electron chi connectivity index (χ0n) is 28.4. The van der Waals surface area contributed by atoms with E-state index in [2.05, 4.69) is 20.9 Å². The number of nitrogens with zero attached hydrogens (tertiary/aromatic N) is 2. The maximum Gasteiger partial charge on any atom is 0.413 e. The summed E-state index contributed by atoms with van der Waals surface area (Å²) in [6.45, 7) is 11.5. The molecule has 0 aliphatic heterocycles. The third kappa shape index (κ3) is 9.13. The summed E-state index contributed by atoms with van der Waals surface area (Å²) in [6, 6.07) is 15.5. The molecule has 4 aromatic rings. The van der Waals surface area contributed by atoms with E-state index < -0.39 is 23.3 Å². The Hall–Kier alpha value is -4.42.